The predicted molar refractivity (Wildman–Crippen MR) is 74.0 cm³/mol. The Kier molecular flexibility index (Phi) is 4.21. The van der Waals surface area contributed by atoms with Crippen molar-refractivity contribution in [2.24, 2.45) is 0 Å². The number of benzene rings is 1. The van der Waals surface area contributed by atoms with E-state index < -0.39 is 6.04 Å². The van der Waals surface area contributed by atoms with E-state index in [0.29, 0.717) is 17.3 Å². The summed E-state index contributed by atoms with van der Waals surface area (Å²) < 4.78 is 10.3. The molecular formula is C12H16N6O3. The summed E-state index contributed by atoms with van der Waals surface area (Å²) in [6.45, 7) is 1.74. The number of hydrogen-bond donors (Lipinski definition) is 3. The van der Waals surface area contributed by atoms with E-state index in [1.807, 2.05) is 0 Å². The molecule has 9 heteroatoms. The number of nitrogens with zero attached hydrogens (tertiary/aromatic N) is 3. The number of nitrogens with one attached hydrogen (secondary N) is 2. The van der Waals surface area contributed by atoms with Gasteiger partial charge in [-0.15, -0.1) is 10.2 Å². The van der Waals surface area contributed by atoms with Gasteiger partial charge < -0.3 is 20.5 Å². The third-order valence-electron chi connectivity index (χ3n) is 2.90. The summed E-state index contributed by atoms with van der Waals surface area (Å²) in [6, 6.07) is 2.64. The first kappa shape index (κ1) is 14.6. The summed E-state index contributed by atoms with van der Waals surface area (Å²) in [5, 5.41) is 16.1. The van der Waals surface area contributed by atoms with Crippen molar-refractivity contribution in [1.29, 1.82) is 0 Å². The normalized spacial score (nSPS) is 11.8. The molecule has 2 rings (SSSR count). The van der Waals surface area contributed by atoms with Gasteiger partial charge in [0.1, 0.15) is 0 Å². The van der Waals surface area contributed by atoms with Gasteiger partial charge in [-0.05, 0) is 13.0 Å². The molecule has 1 aromatic heterocycles. The minimum absolute atomic E-state index is 0.281. The fourth-order valence-electron chi connectivity index (χ4n) is 1.78. The first-order valence-corrected chi connectivity index (χ1v) is 6.12. The third kappa shape index (κ3) is 3.02. The molecule has 0 saturated heterocycles. The summed E-state index contributed by atoms with van der Waals surface area (Å²) in [5.41, 5.74) is 6.43. The summed E-state index contributed by atoms with van der Waals surface area (Å²) in [5.74, 6) is 0.884. The number of hydrogen-bond acceptors (Lipinski definition) is 7. The second-order valence-corrected chi connectivity index (χ2v) is 4.26. The second-order valence-electron chi connectivity index (χ2n) is 4.26. The molecular weight excluding hydrogens is 276 g/mol. The van der Waals surface area contributed by atoms with E-state index in [2.05, 4.69) is 25.9 Å². The number of methoxy groups -OCH3 is 2. The van der Waals surface area contributed by atoms with Crippen molar-refractivity contribution in [3.63, 3.8) is 0 Å². The van der Waals surface area contributed by atoms with Crippen molar-refractivity contribution in [3.8, 4) is 11.5 Å². The van der Waals surface area contributed by atoms with Gasteiger partial charge in [-0.2, -0.15) is 5.21 Å². The van der Waals surface area contributed by atoms with Crippen LogP contribution in [0.25, 0.3) is 0 Å². The van der Waals surface area contributed by atoms with Crippen molar-refractivity contribution >= 4 is 11.6 Å². The Labute approximate surface area is 120 Å². The van der Waals surface area contributed by atoms with Crippen LogP contribution in [-0.2, 0) is 0 Å². The Morgan fingerprint density at radius 2 is 2.00 bits per heavy atom. The molecule has 21 heavy (non-hydrogen) atoms. The van der Waals surface area contributed by atoms with E-state index in [1.165, 1.54) is 26.4 Å². The van der Waals surface area contributed by atoms with E-state index in [9.17, 15) is 4.79 Å². The maximum Gasteiger partial charge on any atom is 0.254 e. The molecule has 0 bridgehead atoms. The molecule has 0 fully saturated rings. The van der Waals surface area contributed by atoms with E-state index in [4.69, 9.17) is 15.2 Å². The van der Waals surface area contributed by atoms with Gasteiger partial charge >= 0.3 is 0 Å². The smallest absolute Gasteiger partial charge is 0.254 e. The van der Waals surface area contributed by atoms with Gasteiger partial charge in [0.15, 0.2) is 17.3 Å². The lowest BCUT2D eigenvalue weighted by molar-refractivity contribution is 0.0939. The predicted octanol–water partition coefficient (Wildman–Crippen LogP) is 0.290. The number of anilines is 1. The lowest BCUT2D eigenvalue weighted by Crippen LogP contribution is -2.28. The average molecular weight is 292 g/mol. The molecule has 112 valence electrons. The maximum atomic E-state index is 12.3. The van der Waals surface area contributed by atoms with Crippen molar-refractivity contribution < 1.29 is 14.3 Å². The molecule has 4 N–H and O–H groups in total. The standard InChI is InChI=1S/C12H16N6O3/c1-6(11-15-17-18-16-11)14-12(19)7-4-9(20-2)10(21-3)5-8(7)13/h4-6H,13H2,1-3H3,(H,14,19)(H,15,16,17,18). The highest BCUT2D eigenvalue weighted by Crippen LogP contribution is 2.32. The molecule has 1 amide bonds. The van der Waals surface area contributed by atoms with Gasteiger partial charge in [-0.25, -0.2) is 0 Å². The second kappa shape index (κ2) is 6.07. The first-order chi connectivity index (χ1) is 10.1. The van der Waals surface area contributed by atoms with Gasteiger partial charge in [0.2, 0.25) is 0 Å². The number of carbonyl (C=O) groups is 1. The molecule has 2 aromatic rings. The zero-order valence-electron chi connectivity index (χ0n) is 11.9. The number of nitrogen functional groups attached to an aromatic ring is 1. The molecule has 1 heterocycles. The monoisotopic (exact) mass is 292 g/mol. The molecule has 0 saturated carbocycles. The fourth-order valence-corrected chi connectivity index (χ4v) is 1.78. The van der Waals surface area contributed by atoms with Crippen LogP contribution in [-0.4, -0.2) is 40.8 Å². The Bertz CT molecular complexity index is 628. The van der Waals surface area contributed by atoms with Gasteiger partial charge in [0, 0.05) is 11.8 Å². The molecule has 0 aliphatic heterocycles. The van der Waals surface area contributed by atoms with Crippen LogP contribution in [0.1, 0.15) is 29.1 Å². The number of amides is 1. The van der Waals surface area contributed by atoms with Crippen LogP contribution in [0.3, 0.4) is 0 Å². The largest absolute Gasteiger partial charge is 0.493 e. The van der Waals surface area contributed by atoms with Gasteiger partial charge in [-0.1, -0.05) is 5.21 Å². The minimum atomic E-state index is -0.413. The highest BCUT2D eigenvalue weighted by Gasteiger charge is 2.19. The lowest BCUT2D eigenvalue weighted by atomic mass is 10.1. The van der Waals surface area contributed by atoms with Gasteiger partial charge in [0.25, 0.3) is 5.91 Å². The summed E-state index contributed by atoms with van der Waals surface area (Å²) in [4.78, 5) is 12.3. The van der Waals surface area contributed by atoms with Gasteiger partial charge in [0.05, 0.1) is 25.8 Å². The van der Waals surface area contributed by atoms with Crippen LogP contribution < -0.4 is 20.5 Å². The molecule has 0 aliphatic carbocycles. The van der Waals surface area contributed by atoms with E-state index in [0.717, 1.165) is 0 Å². The number of aromatic nitrogens is 4. The zero-order chi connectivity index (χ0) is 15.4. The number of ether oxygens (including phenoxy) is 2. The van der Waals surface area contributed by atoms with Crippen LogP contribution in [0.4, 0.5) is 5.69 Å². The number of carbonyl (C=O) groups excluding carboxylic acids is 1. The molecule has 0 radical (unpaired) electrons. The first-order valence-electron chi connectivity index (χ1n) is 6.12. The summed E-state index contributed by atoms with van der Waals surface area (Å²) in [6.07, 6.45) is 0. The quantitative estimate of drug-likeness (QED) is 0.675. The molecule has 0 aliphatic rings. The Morgan fingerprint density at radius 1 is 1.33 bits per heavy atom. The van der Waals surface area contributed by atoms with Crippen molar-refractivity contribution in [2.45, 2.75) is 13.0 Å². The van der Waals surface area contributed by atoms with E-state index in [1.54, 1.807) is 6.92 Å². The van der Waals surface area contributed by atoms with Gasteiger partial charge in [-0.3, -0.25) is 4.79 Å². The summed E-state index contributed by atoms with van der Waals surface area (Å²) >= 11 is 0. The fraction of sp³-hybridized carbons (Fsp3) is 0.333. The van der Waals surface area contributed by atoms with Crippen LogP contribution in [0, 0.1) is 0 Å². The number of H-pyrrole nitrogens is 1. The van der Waals surface area contributed by atoms with Crippen molar-refractivity contribution in [1.82, 2.24) is 25.9 Å². The number of tetrazole rings is 1. The lowest BCUT2D eigenvalue weighted by Gasteiger charge is -2.14. The molecule has 1 atom stereocenters. The Hall–Kier alpha value is -2.84. The van der Waals surface area contributed by atoms with Crippen LogP contribution >= 0.6 is 0 Å². The third-order valence-corrected chi connectivity index (χ3v) is 2.90. The SMILES string of the molecule is COc1cc(N)c(C(=O)NC(C)c2nn[nH]n2)cc1OC. The molecule has 1 aromatic carbocycles. The molecule has 1 unspecified atom stereocenters. The number of rotatable bonds is 5. The van der Waals surface area contributed by atoms with E-state index in [-0.39, 0.29) is 17.2 Å². The topological polar surface area (TPSA) is 128 Å². The van der Waals surface area contributed by atoms with Crippen molar-refractivity contribution in [3.05, 3.63) is 23.5 Å². The number of aromatic amines is 1. The minimum Gasteiger partial charge on any atom is -0.493 e. The highest BCUT2D eigenvalue weighted by molar-refractivity contribution is 6.00. The maximum absolute atomic E-state index is 12.3. The summed E-state index contributed by atoms with van der Waals surface area (Å²) in [7, 11) is 2.98. The average Bonchev–Trinajstić information content (AvgIpc) is 3.00. The molecule has 0 spiro atoms. The Balaban J connectivity index is 2.23. The Morgan fingerprint density at radius 3 is 2.57 bits per heavy atom. The van der Waals surface area contributed by atoms with E-state index >= 15 is 0 Å². The zero-order valence-corrected chi connectivity index (χ0v) is 11.9. The van der Waals surface area contributed by atoms with Crippen LogP contribution in [0.5, 0.6) is 11.5 Å². The number of nitrogens with two attached hydrogens (primary N) is 1. The molecule has 9 nitrogen and oxygen atoms in total. The van der Waals surface area contributed by atoms with Crippen LogP contribution in [0.2, 0.25) is 0 Å². The van der Waals surface area contributed by atoms with Crippen molar-refractivity contribution in [2.75, 3.05) is 20.0 Å². The highest BCUT2D eigenvalue weighted by atomic mass is 16.5. The van der Waals surface area contributed by atoms with Crippen LogP contribution in [0.15, 0.2) is 12.1 Å².